The third kappa shape index (κ3) is 4.85. The zero-order valence-electron chi connectivity index (χ0n) is 18.8. The van der Waals surface area contributed by atoms with Gasteiger partial charge in [0.2, 0.25) is 5.95 Å². The van der Waals surface area contributed by atoms with E-state index in [4.69, 9.17) is 9.72 Å². The van der Waals surface area contributed by atoms with Gasteiger partial charge in [-0.25, -0.2) is 15.0 Å². The number of thiazole rings is 1. The Hall–Kier alpha value is -3.40. The molecule has 5 rings (SSSR count). The highest BCUT2D eigenvalue weighted by Gasteiger charge is 2.24. The van der Waals surface area contributed by atoms with Crippen LogP contribution in [0.5, 0.6) is 5.75 Å². The van der Waals surface area contributed by atoms with Crippen molar-refractivity contribution in [3.05, 3.63) is 64.1 Å². The van der Waals surface area contributed by atoms with Crippen molar-refractivity contribution >= 4 is 17.3 Å². The molecule has 4 heterocycles. The first-order valence-corrected chi connectivity index (χ1v) is 12.1. The summed E-state index contributed by atoms with van der Waals surface area (Å²) in [6.07, 6.45) is 6.95. The van der Waals surface area contributed by atoms with E-state index >= 15 is 0 Å². The van der Waals surface area contributed by atoms with Crippen LogP contribution in [-0.2, 0) is 13.0 Å². The van der Waals surface area contributed by atoms with Crippen molar-refractivity contribution in [1.82, 2.24) is 35.2 Å². The van der Waals surface area contributed by atoms with Gasteiger partial charge in [-0.15, -0.1) is 16.4 Å². The molecule has 10 heteroatoms. The average molecular weight is 463 g/mol. The Morgan fingerprint density at radius 2 is 1.85 bits per heavy atom. The van der Waals surface area contributed by atoms with Crippen LogP contribution in [0.3, 0.4) is 0 Å². The number of aromatic nitrogens is 7. The number of piperidine rings is 1. The van der Waals surface area contributed by atoms with Gasteiger partial charge in [0.25, 0.3) is 0 Å². The SMILES string of the molecule is CCc1cnc(N2CCC(c3nc(COc4ccc(-n5nnnc5C)cc4)cs3)CC2)nc1. The van der Waals surface area contributed by atoms with E-state index < -0.39 is 0 Å². The highest BCUT2D eigenvalue weighted by atomic mass is 32.1. The van der Waals surface area contributed by atoms with Gasteiger partial charge < -0.3 is 9.64 Å². The second-order valence-corrected chi connectivity index (χ2v) is 8.99. The maximum absolute atomic E-state index is 5.95. The fourth-order valence-electron chi connectivity index (χ4n) is 3.91. The number of anilines is 1. The van der Waals surface area contributed by atoms with Crippen molar-refractivity contribution in [3.8, 4) is 11.4 Å². The normalized spacial score (nSPS) is 14.5. The van der Waals surface area contributed by atoms with Gasteiger partial charge in [-0.2, -0.15) is 4.68 Å². The van der Waals surface area contributed by atoms with Crippen LogP contribution in [-0.4, -0.2) is 48.2 Å². The fourth-order valence-corrected chi connectivity index (χ4v) is 4.88. The third-order valence-corrected chi connectivity index (χ3v) is 6.95. The molecular formula is C23H26N8OS. The Bertz CT molecular complexity index is 1180. The van der Waals surface area contributed by atoms with E-state index in [1.807, 2.05) is 43.6 Å². The number of rotatable bonds is 7. The summed E-state index contributed by atoms with van der Waals surface area (Å²) in [5.41, 5.74) is 3.04. The molecule has 1 aromatic carbocycles. The monoisotopic (exact) mass is 462 g/mol. The molecule has 170 valence electrons. The third-order valence-electron chi connectivity index (χ3n) is 5.89. The van der Waals surface area contributed by atoms with Gasteiger partial charge >= 0.3 is 0 Å². The Kier molecular flexibility index (Phi) is 6.25. The van der Waals surface area contributed by atoms with Gasteiger partial charge in [-0.1, -0.05) is 6.92 Å². The number of nitrogens with zero attached hydrogens (tertiary/aromatic N) is 8. The summed E-state index contributed by atoms with van der Waals surface area (Å²) in [5.74, 6) is 2.85. The van der Waals surface area contributed by atoms with Crippen LogP contribution in [0.15, 0.2) is 42.0 Å². The van der Waals surface area contributed by atoms with Gasteiger partial charge in [0.15, 0.2) is 5.82 Å². The lowest BCUT2D eigenvalue weighted by atomic mass is 9.98. The first kappa shape index (κ1) is 21.4. The van der Waals surface area contributed by atoms with Crippen molar-refractivity contribution in [3.63, 3.8) is 0 Å². The first-order chi connectivity index (χ1) is 16.2. The van der Waals surface area contributed by atoms with Crippen LogP contribution < -0.4 is 9.64 Å². The zero-order chi connectivity index (χ0) is 22.6. The molecule has 9 nitrogen and oxygen atoms in total. The van der Waals surface area contributed by atoms with Crippen LogP contribution in [0.1, 0.15) is 47.8 Å². The topological polar surface area (TPSA) is 94.7 Å². The van der Waals surface area contributed by atoms with Gasteiger partial charge in [-0.05, 0) is 66.4 Å². The highest BCUT2D eigenvalue weighted by molar-refractivity contribution is 7.09. The quantitative estimate of drug-likeness (QED) is 0.410. The number of hydrogen-bond donors (Lipinski definition) is 0. The predicted molar refractivity (Wildman–Crippen MR) is 126 cm³/mol. The molecule has 3 aromatic heterocycles. The molecule has 0 bridgehead atoms. The van der Waals surface area contributed by atoms with E-state index in [9.17, 15) is 0 Å². The lowest BCUT2D eigenvalue weighted by Gasteiger charge is -2.31. The van der Waals surface area contributed by atoms with Crippen LogP contribution >= 0.6 is 11.3 Å². The van der Waals surface area contributed by atoms with E-state index in [1.165, 1.54) is 10.6 Å². The second-order valence-electron chi connectivity index (χ2n) is 8.10. The second kappa shape index (κ2) is 9.62. The predicted octanol–water partition coefficient (Wildman–Crippen LogP) is 3.74. The summed E-state index contributed by atoms with van der Waals surface area (Å²) in [6, 6.07) is 7.74. The standard InChI is InChI=1S/C23H26N8OS/c1-3-17-12-24-23(25-13-17)30-10-8-18(9-11-30)22-26-19(15-33-22)14-32-21-6-4-20(5-7-21)31-16(2)27-28-29-31/h4-7,12-13,15,18H,3,8-11,14H2,1-2H3. The zero-order valence-corrected chi connectivity index (χ0v) is 19.6. The Morgan fingerprint density at radius 3 is 2.52 bits per heavy atom. The smallest absolute Gasteiger partial charge is 0.225 e. The Balaban J connectivity index is 1.13. The molecule has 0 radical (unpaired) electrons. The number of aryl methyl sites for hydroxylation is 2. The average Bonchev–Trinajstić information content (AvgIpc) is 3.52. The number of tetrazole rings is 1. The van der Waals surface area contributed by atoms with Gasteiger partial charge in [0, 0.05) is 36.8 Å². The molecule has 1 aliphatic heterocycles. The molecule has 0 spiro atoms. The molecule has 0 saturated carbocycles. The number of benzene rings is 1. The van der Waals surface area contributed by atoms with Crippen molar-refractivity contribution < 1.29 is 4.74 Å². The summed E-state index contributed by atoms with van der Waals surface area (Å²) in [4.78, 5) is 16.2. The Morgan fingerprint density at radius 1 is 1.09 bits per heavy atom. The number of ether oxygens (including phenoxy) is 1. The van der Waals surface area contributed by atoms with Crippen LogP contribution in [0.2, 0.25) is 0 Å². The molecule has 4 aromatic rings. The lowest BCUT2D eigenvalue weighted by Crippen LogP contribution is -2.34. The molecule has 0 aliphatic carbocycles. The van der Waals surface area contributed by atoms with E-state index in [1.54, 1.807) is 16.0 Å². The maximum atomic E-state index is 5.95. The highest BCUT2D eigenvalue weighted by Crippen LogP contribution is 2.31. The molecule has 1 saturated heterocycles. The van der Waals surface area contributed by atoms with Crippen LogP contribution in [0, 0.1) is 6.92 Å². The fraction of sp³-hybridized carbons (Fsp3) is 0.391. The van der Waals surface area contributed by atoms with E-state index in [0.717, 1.165) is 61.3 Å². The minimum absolute atomic E-state index is 0.455. The molecule has 0 N–H and O–H groups in total. The summed E-state index contributed by atoms with van der Waals surface area (Å²) in [6.45, 7) is 6.34. The van der Waals surface area contributed by atoms with Crippen molar-refractivity contribution in [2.45, 2.75) is 45.6 Å². The molecule has 0 unspecified atom stereocenters. The Labute approximate surface area is 196 Å². The van der Waals surface area contributed by atoms with Gasteiger partial charge in [0.05, 0.1) is 16.4 Å². The van der Waals surface area contributed by atoms with Gasteiger partial charge in [-0.3, -0.25) is 0 Å². The summed E-state index contributed by atoms with van der Waals surface area (Å²) >= 11 is 1.73. The largest absolute Gasteiger partial charge is 0.487 e. The van der Waals surface area contributed by atoms with Crippen LogP contribution in [0.4, 0.5) is 5.95 Å². The maximum Gasteiger partial charge on any atom is 0.225 e. The lowest BCUT2D eigenvalue weighted by molar-refractivity contribution is 0.301. The minimum atomic E-state index is 0.455. The molecule has 0 atom stereocenters. The number of hydrogen-bond acceptors (Lipinski definition) is 9. The molecule has 1 aliphatic rings. The van der Waals surface area contributed by atoms with E-state index in [2.05, 4.69) is 42.7 Å². The van der Waals surface area contributed by atoms with Crippen molar-refractivity contribution in [2.24, 2.45) is 0 Å². The van der Waals surface area contributed by atoms with E-state index in [0.29, 0.717) is 12.5 Å². The van der Waals surface area contributed by atoms with Gasteiger partial charge in [0.1, 0.15) is 12.4 Å². The molecular weight excluding hydrogens is 436 g/mol. The first-order valence-electron chi connectivity index (χ1n) is 11.2. The van der Waals surface area contributed by atoms with E-state index in [-0.39, 0.29) is 0 Å². The summed E-state index contributed by atoms with van der Waals surface area (Å²) in [5, 5.41) is 14.9. The molecule has 33 heavy (non-hydrogen) atoms. The summed E-state index contributed by atoms with van der Waals surface area (Å²) in [7, 11) is 0. The van der Waals surface area contributed by atoms with Crippen molar-refractivity contribution in [2.75, 3.05) is 18.0 Å². The minimum Gasteiger partial charge on any atom is -0.487 e. The summed E-state index contributed by atoms with van der Waals surface area (Å²) < 4.78 is 7.64. The van der Waals surface area contributed by atoms with Crippen molar-refractivity contribution in [1.29, 1.82) is 0 Å². The molecule has 0 amide bonds. The van der Waals surface area contributed by atoms with Crippen LogP contribution in [0.25, 0.3) is 5.69 Å². The molecule has 1 fully saturated rings.